The monoisotopic (exact) mass is 166 g/mol. The Morgan fingerprint density at radius 2 is 1.91 bits per heavy atom. The maximum Gasteiger partial charge on any atom is 0.389 e. The molecule has 11 heavy (non-hydrogen) atoms. The van der Waals surface area contributed by atoms with Crippen LogP contribution in [0.15, 0.2) is 0 Å². The fourth-order valence-corrected chi connectivity index (χ4v) is 0.978. The van der Waals surface area contributed by atoms with Crippen molar-refractivity contribution in [2.75, 3.05) is 0 Å². The highest BCUT2D eigenvalue weighted by Gasteiger charge is 2.44. The Hall–Kier alpha value is -0.540. The summed E-state index contributed by atoms with van der Waals surface area (Å²) in [6, 6.07) is 0. The SMILES string of the molecule is O=CC1(CCC(F)(F)F)CC1. The summed E-state index contributed by atoms with van der Waals surface area (Å²) in [4.78, 5) is 10.2. The highest BCUT2D eigenvalue weighted by Crippen LogP contribution is 2.48. The van der Waals surface area contributed by atoms with Gasteiger partial charge in [-0.15, -0.1) is 0 Å². The van der Waals surface area contributed by atoms with Gasteiger partial charge in [0, 0.05) is 11.8 Å². The van der Waals surface area contributed by atoms with Gasteiger partial charge in [0.15, 0.2) is 0 Å². The van der Waals surface area contributed by atoms with Crippen molar-refractivity contribution in [1.82, 2.24) is 0 Å². The second kappa shape index (κ2) is 2.50. The lowest BCUT2D eigenvalue weighted by Crippen LogP contribution is -2.12. The first-order chi connectivity index (χ1) is 4.97. The molecule has 1 aliphatic carbocycles. The Balaban J connectivity index is 2.27. The van der Waals surface area contributed by atoms with Crippen molar-refractivity contribution < 1.29 is 18.0 Å². The van der Waals surface area contributed by atoms with Gasteiger partial charge in [-0.05, 0) is 19.3 Å². The molecule has 0 unspecified atom stereocenters. The van der Waals surface area contributed by atoms with Crippen molar-refractivity contribution in [3.05, 3.63) is 0 Å². The second-order valence-electron chi connectivity index (χ2n) is 3.10. The summed E-state index contributed by atoms with van der Waals surface area (Å²) >= 11 is 0. The molecule has 1 saturated carbocycles. The zero-order chi connectivity index (χ0) is 8.54. The van der Waals surface area contributed by atoms with Gasteiger partial charge in [0.2, 0.25) is 0 Å². The van der Waals surface area contributed by atoms with E-state index < -0.39 is 18.0 Å². The highest BCUT2D eigenvalue weighted by atomic mass is 19.4. The van der Waals surface area contributed by atoms with Crippen LogP contribution in [0.3, 0.4) is 0 Å². The van der Waals surface area contributed by atoms with E-state index in [0.717, 1.165) is 0 Å². The molecule has 0 spiro atoms. The Kier molecular flexibility index (Phi) is 1.94. The van der Waals surface area contributed by atoms with Crippen molar-refractivity contribution in [3.63, 3.8) is 0 Å². The Morgan fingerprint density at radius 1 is 1.36 bits per heavy atom. The Morgan fingerprint density at radius 3 is 2.18 bits per heavy atom. The summed E-state index contributed by atoms with van der Waals surface area (Å²) in [5.41, 5.74) is -0.602. The van der Waals surface area contributed by atoms with Crippen molar-refractivity contribution in [2.24, 2.45) is 5.41 Å². The fourth-order valence-electron chi connectivity index (χ4n) is 0.978. The number of carbonyl (C=O) groups is 1. The van der Waals surface area contributed by atoms with Gasteiger partial charge < -0.3 is 4.79 Å². The van der Waals surface area contributed by atoms with Crippen LogP contribution in [0.1, 0.15) is 25.7 Å². The average molecular weight is 166 g/mol. The molecule has 0 heterocycles. The molecule has 0 aromatic carbocycles. The number of halogens is 3. The molecule has 1 fully saturated rings. The summed E-state index contributed by atoms with van der Waals surface area (Å²) < 4.78 is 34.9. The van der Waals surface area contributed by atoms with Gasteiger partial charge in [-0.1, -0.05) is 0 Å². The average Bonchev–Trinajstić information content (AvgIpc) is 2.63. The van der Waals surface area contributed by atoms with Crippen LogP contribution in [0.5, 0.6) is 0 Å². The van der Waals surface area contributed by atoms with E-state index in [0.29, 0.717) is 19.1 Å². The number of hydrogen-bond donors (Lipinski definition) is 0. The smallest absolute Gasteiger partial charge is 0.303 e. The Labute approximate surface area is 62.6 Å². The molecule has 4 heteroatoms. The molecular formula is C7H9F3O. The lowest BCUT2D eigenvalue weighted by Gasteiger charge is -2.08. The predicted molar refractivity (Wildman–Crippen MR) is 33.0 cm³/mol. The maximum atomic E-state index is 11.6. The first kappa shape index (κ1) is 8.56. The van der Waals surface area contributed by atoms with Crippen LogP contribution in [0.25, 0.3) is 0 Å². The van der Waals surface area contributed by atoms with Crippen LogP contribution in [-0.2, 0) is 4.79 Å². The summed E-state index contributed by atoms with van der Waals surface area (Å²) in [5, 5.41) is 0. The number of hydrogen-bond acceptors (Lipinski definition) is 1. The normalized spacial score (nSPS) is 21.4. The highest BCUT2D eigenvalue weighted by molar-refractivity contribution is 5.63. The molecule has 0 amide bonds. The van der Waals surface area contributed by atoms with Crippen molar-refractivity contribution in [3.8, 4) is 0 Å². The van der Waals surface area contributed by atoms with Gasteiger partial charge in [-0.3, -0.25) is 0 Å². The molecule has 0 saturated heterocycles. The standard InChI is InChI=1S/C7H9F3O/c8-7(9,10)4-3-6(5-11)1-2-6/h5H,1-4H2. The zero-order valence-corrected chi connectivity index (χ0v) is 5.95. The van der Waals surface area contributed by atoms with Gasteiger partial charge in [-0.2, -0.15) is 13.2 Å². The minimum atomic E-state index is -4.11. The van der Waals surface area contributed by atoms with E-state index in [1.54, 1.807) is 0 Å². The first-order valence-electron chi connectivity index (χ1n) is 3.51. The molecule has 0 atom stereocenters. The largest absolute Gasteiger partial charge is 0.389 e. The van der Waals surface area contributed by atoms with Crippen LogP contribution in [0, 0.1) is 5.41 Å². The van der Waals surface area contributed by atoms with Crippen LogP contribution >= 0.6 is 0 Å². The van der Waals surface area contributed by atoms with Gasteiger partial charge >= 0.3 is 6.18 Å². The van der Waals surface area contributed by atoms with Gasteiger partial charge in [-0.25, -0.2) is 0 Å². The molecule has 0 radical (unpaired) electrons. The predicted octanol–water partition coefficient (Wildman–Crippen LogP) is 2.31. The number of carbonyl (C=O) groups excluding carboxylic acids is 1. The minimum Gasteiger partial charge on any atom is -0.303 e. The fraction of sp³-hybridized carbons (Fsp3) is 0.857. The molecule has 0 aromatic rings. The van der Waals surface area contributed by atoms with Crippen LogP contribution in [0.4, 0.5) is 13.2 Å². The van der Waals surface area contributed by atoms with Crippen molar-refractivity contribution >= 4 is 6.29 Å². The summed E-state index contributed by atoms with van der Waals surface area (Å²) in [7, 11) is 0. The van der Waals surface area contributed by atoms with Crippen LogP contribution in [0.2, 0.25) is 0 Å². The molecule has 0 bridgehead atoms. The van der Waals surface area contributed by atoms with E-state index in [9.17, 15) is 18.0 Å². The van der Waals surface area contributed by atoms with E-state index in [-0.39, 0.29) is 6.42 Å². The topological polar surface area (TPSA) is 17.1 Å². The molecule has 64 valence electrons. The van der Waals surface area contributed by atoms with E-state index in [1.165, 1.54) is 0 Å². The van der Waals surface area contributed by atoms with E-state index in [2.05, 4.69) is 0 Å². The van der Waals surface area contributed by atoms with E-state index in [4.69, 9.17) is 0 Å². The molecule has 1 rings (SSSR count). The summed E-state index contributed by atoms with van der Waals surface area (Å²) in [6.07, 6.45) is -3.04. The van der Waals surface area contributed by atoms with Gasteiger partial charge in [0.25, 0.3) is 0 Å². The van der Waals surface area contributed by atoms with Crippen LogP contribution in [-0.4, -0.2) is 12.5 Å². The van der Waals surface area contributed by atoms with Gasteiger partial charge in [0.1, 0.15) is 6.29 Å². The van der Waals surface area contributed by atoms with Crippen molar-refractivity contribution in [2.45, 2.75) is 31.9 Å². The third-order valence-electron chi connectivity index (χ3n) is 2.05. The Bertz CT molecular complexity index is 158. The number of alkyl halides is 3. The number of aldehydes is 1. The lowest BCUT2D eigenvalue weighted by molar-refractivity contribution is -0.139. The van der Waals surface area contributed by atoms with E-state index in [1.807, 2.05) is 0 Å². The molecule has 1 aliphatic rings. The lowest BCUT2D eigenvalue weighted by atomic mass is 10.0. The third-order valence-corrected chi connectivity index (χ3v) is 2.05. The minimum absolute atomic E-state index is 0.0278. The zero-order valence-electron chi connectivity index (χ0n) is 5.95. The molecule has 0 aliphatic heterocycles. The van der Waals surface area contributed by atoms with Crippen LogP contribution < -0.4 is 0 Å². The summed E-state index contributed by atoms with van der Waals surface area (Å²) in [6.45, 7) is 0. The first-order valence-corrected chi connectivity index (χ1v) is 3.51. The maximum absolute atomic E-state index is 11.6. The second-order valence-corrected chi connectivity index (χ2v) is 3.10. The molecular weight excluding hydrogens is 157 g/mol. The molecule has 1 nitrogen and oxygen atoms in total. The quantitative estimate of drug-likeness (QED) is 0.588. The summed E-state index contributed by atoms with van der Waals surface area (Å²) in [5.74, 6) is 0. The van der Waals surface area contributed by atoms with E-state index >= 15 is 0 Å². The molecule has 0 aromatic heterocycles. The molecule has 0 N–H and O–H groups in total. The third kappa shape index (κ3) is 2.52. The number of rotatable bonds is 3. The van der Waals surface area contributed by atoms with Gasteiger partial charge in [0.05, 0.1) is 0 Å². The van der Waals surface area contributed by atoms with Crippen molar-refractivity contribution in [1.29, 1.82) is 0 Å².